The molecule has 1 unspecified atom stereocenters. The highest BCUT2D eigenvalue weighted by atomic mass is 79.9. The summed E-state index contributed by atoms with van der Waals surface area (Å²) in [6, 6.07) is 6.87. The van der Waals surface area contributed by atoms with Crippen LogP contribution in [0, 0.1) is 0 Å². The largest absolute Gasteiger partial charge is 0.496 e. The number of ether oxygens (including phenoxy) is 1. The lowest BCUT2D eigenvalue weighted by atomic mass is 10.0. The Morgan fingerprint density at radius 1 is 1.00 bits per heavy atom. The molecule has 0 fully saturated rings. The van der Waals surface area contributed by atoms with Gasteiger partial charge in [0.05, 0.1) is 7.11 Å². The molecule has 11 heteroatoms. The summed E-state index contributed by atoms with van der Waals surface area (Å²) in [4.78, 5) is 14.8. The molecule has 1 N–H and O–H groups in total. The van der Waals surface area contributed by atoms with Crippen molar-refractivity contribution in [1.82, 2.24) is 19.9 Å². The zero-order valence-electron chi connectivity index (χ0n) is 13.6. The van der Waals surface area contributed by atoms with Gasteiger partial charge in [-0.15, -0.1) is 0 Å². The second-order valence-electron chi connectivity index (χ2n) is 4.82. The monoisotopic (exact) mass is 510 g/mol. The summed E-state index contributed by atoms with van der Waals surface area (Å²) >= 11 is 25.7. The van der Waals surface area contributed by atoms with Crippen LogP contribution in [-0.2, 0) is 0 Å². The Balaban J connectivity index is 0.000000273. The van der Waals surface area contributed by atoms with E-state index >= 15 is 0 Å². The fraction of sp³-hybridized carbons (Fsp3) is 0.125. The quantitative estimate of drug-likeness (QED) is 0.373. The highest BCUT2D eigenvalue weighted by Crippen LogP contribution is 2.34. The third-order valence-electron chi connectivity index (χ3n) is 3.11. The first-order chi connectivity index (χ1) is 12.8. The summed E-state index contributed by atoms with van der Waals surface area (Å²) in [5, 5.41) is 11.1. The number of aliphatic hydroxyl groups excluding tert-OH is 1. The maximum atomic E-state index is 10.4. The van der Waals surface area contributed by atoms with Gasteiger partial charge in [-0.1, -0.05) is 39.1 Å². The molecule has 0 saturated heterocycles. The minimum absolute atomic E-state index is 0.0298. The van der Waals surface area contributed by atoms with Crippen molar-refractivity contribution in [3.8, 4) is 5.75 Å². The minimum Gasteiger partial charge on any atom is -0.496 e. The van der Waals surface area contributed by atoms with E-state index in [2.05, 4.69) is 35.9 Å². The van der Waals surface area contributed by atoms with Crippen molar-refractivity contribution in [1.29, 1.82) is 0 Å². The Hall–Kier alpha value is -1.22. The summed E-state index contributed by atoms with van der Waals surface area (Å²) in [7, 11) is 1.53. The zero-order valence-corrected chi connectivity index (χ0v) is 18.2. The molecule has 6 nitrogen and oxygen atoms in total. The Labute approximate surface area is 183 Å². The molecule has 27 heavy (non-hydrogen) atoms. The van der Waals surface area contributed by atoms with Crippen LogP contribution in [0.15, 0.2) is 41.1 Å². The molecule has 3 rings (SSSR count). The van der Waals surface area contributed by atoms with Crippen LogP contribution in [0.25, 0.3) is 0 Å². The standard InChI is InChI=1S/C12H9BrCl2N2O2.C4H2Cl2N2/c1-19-9-3-2-6(13)4-7(9)10(18)8-5-16-12(15)17-11(8)14;5-3-1-2-7-4(6)8-3/h2-5,10,18H,1H3;1-2H. The minimum atomic E-state index is -1.00. The Kier molecular flexibility index (Phi) is 8.47. The van der Waals surface area contributed by atoms with Crippen molar-refractivity contribution in [2.75, 3.05) is 7.11 Å². The number of rotatable bonds is 3. The van der Waals surface area contributed by atoms with Gasteiger partial charge in [-0.25, -0.2) is 19.9 Å². The maximum Gasteiger partial charge on any atom is 0.223 e. The molecule has 2 aromatic heterocycles. The number of aromatic nitrogens is 4. The van der Waals surface area contributed by atoms with Crippen LogP contribution in [0.4, 0.5) is 0 Å². The van der Waals surface area contributed by atoms with E-state index < -0.39 is 6.10 Å². The number of methoxy groups -OCH3 is 1. The van der Waals surface area contributed by atoms with Crippen molar-refractivity contribution in [3.63, 3.8) is 0 Å². The van der Waals surface area contributed by atoms with Crippen LogP contribution < -0.4 is 4.74 Å². The third kappa shape index (κ3) is 6.41. The highest BCUT2D eigenvalue weighted by molar-refractivity contribution is 9.10. The Morgan fingerprint density at radius 2 is 1.70 bits per heavy atom. The molecular formula is C16H11BrCl4N4O2. The maximum absolute atomic E-state index is 10.4. The highest BCUT2D eigenvalue weighted by Gasteiger charge is 2.20. The molecule has 2 heterocycles. The van der Waals surface area contributed by atoms with E-state index in [-0.39, 0.29) is 15.7 Å². The average Bonchev–Trinajstić information content (AvgIpc) is 2.61. The Bertz CT molecular complexity index is 915. The number of hydrogen-bond donors (Lipinski definition) is 1. The zero-order chi connectivity index (χ0) is 20.0. The van der Waals surface area contributed by atoms with Crippen molar-refractivity contribution in [3.05, 3.63) is 73.1 Å². The van der Waals surface area contributed by atoms with Crippen LogP contribution in [0.3, 0.4) is 0 Å². The van der Waals surface area contributed by atoms with E-state index in [9.17, 15) is 5.11 Å². The molecule has 142 valence electrons. The van der Waals surface area contributed by atoms with Crippen LogP contribution in [0.5, 0.6) is 5.75 Å². The predicted molar refractivity (Wildman–Crippen MR) is 109 cm³/mol. The van der Waals surface area contributed by atoms with E-state index in [1.807, 2.05) is 6.07 Å². The molecular weight excluding hydrogens is 502 g/mol. The van der Waals surface area contributed by atoms with E-state index in [4.69, 9.17) is 51.1 Å². The fourth-order valence-corrected chi connectivity index (χ4v) is 3.05. The molecule has 0 aliphatic heterocycles. The van der Waals surface area contributed by atoms with Gasteiger partial charge in [0.2, 0.25) is 10.6 Å². The lowest BCUT2D eigenvalue weighted by molar-refractivity contribution is 0.214. The van der Waals surface area contributed by atoms with Gasteiger partial charge in [0.1, 0.15) is 22.2 Å². The first-order valence-electron chi connectivity index (χ1n) is 7.15. The average molecular weight is 513 g/mol. The lowest BCUT2D eigenvalue weighted by Crippen LogP contribution is -2.05. The number of hydrogen-bond acceptors (Lipinski definition) is 6. The summed E-state index contributed by atoms with van der Waals surface area (Å²) < 4.78 is 6.03. The first kappa shape index (κ1) is 22.1. The number of aliphatic hydroxyl groups is 1. The molecule has 0 saturated carbocycles. The second-order valence-corrected chi connectivity index (χ2v) is 7.16. The molecule has 0 radical (unpaired) electrons. The third-order valence-corrected chi connectivity index (χ3v) is 4.48. The Morgan fingerprint density at radius 3 is 2.26 bits per heavy atom. The van der Waals surface area contributed by atoms with E-state index in [1.165, 1.54) is 19.5 Å². The topological polar surface area (TPSA) is 81.0 Å². The van der Waals surface area contributed by atoms with Gasteiger partial charge in [-0.3, -0.25) is 0 Å². The fourth-order valence-electron chi connectivity index (χ4n) is 1.93. The van der Waals surface area contributed by atoms with Gasteiger partial charge in [0.25, 0.3) is 0 Å². The lowest BCUT2D eigenvalue weighted by Gasteiger charge is -2.16. The van der Waals surface area contributed by atoms with Crippen molar-refractivity contribution in [2.24, 2.45) is 0 Å². The van der Waals surface area contributed by atoms with Gasteiger partial charge in [-0.05, 0) is 47.5 Å². The van der Waals surface area contributed by atoms with E-state index in [0.717, 1.165) is 4.47 Å². The van der Waals surface area contributed by atoms with E-state index in [0.29, 0.717) is 22.0 Å². The molecule has 0 spiro atoms. The van der Waals surface area contributed by atoms with Gasteiger partial charge >= 0.3 is 0 Å². The van der Waals surface area contributed by atoms with Gasteiger partial charge < -0.3 is 9.84 Å². The molecule has 0 amide bonds. The molecule has 1 aromatic carbocycles. The van der Waals surface area contributed by atoms with Crippen LogP contribution in [0.1, 0.15) is 17.2 Å². The van der Waals surface area contributed by atoms with Gasteiger partial charge in [0, 0.05) is 28.0 Å². The number of nitrogens with zero attached hydrogens (tertiary/aromatic N) is 4. The smallest absolute Gasteiger partial charge is 0.223 e. The first-order valence-corrected chi connectivity index (χ1v) is 9.45. The van der Waals surface area contributed by atoms with Crippen molar-refractivity contribution >= 4 is 62.3 Å². The van der Waals surface area contributed by atoms with Crippen LogP contribution in [0.2, 0.25) is 20.9 Å². The predicted octanol–water partition coefficient (Wildman–Crippen LogP) is 5.42. The van der Waals surface area contributed by atoms with Gasteiger partial charge in [-0.2, -0.15) is 0 Å². The summed E-state index contributed by atoms with van der Waals surface area (Å²) in [5.74, 6) is 0.543. The second kappa shape index (κ2) is 10.4. The number of halogens is 5. The summed E-state index contributed by atoms with van der Waals surface area (Å²) in [6.07, 6.45) is 1.89. The van der Waals surface area contributed by atoms with Crippen LogP contribution in [-0.4, -0.2) is 32.2 Å². The molecule has 3 aromatic rings. The van der Waals surface area contributed by atoms with Crippen molar-refractivity contribution < 1.29 is 9.84 Å². The molecule has 0 aliphatic rings. The van der Waals surface area contributed by atoms with Crippen molar-refractivity contribution in [2.45, 2.75) is 6.10 Å². The SMILES string of the molecule is COc1ccc(Br)cc1C(O)c1cnc(Cl)nc1Cl.Clc1ccnc(Cl)n1. The normalized spacial score (nSPS) is 11.4. The van der Waals surface area contributed by atoms with Crippen LogP contribution >= 0.6 is 62.3 Å². The number of benzene rings is 1. The van der Waals surface area contributed by atoms with E-state index in [1.54, 1.807) is 18.2 Å². The molecule has 1 atom stereocenters. The summed E-state index contributed by atoms with van der Waals surface area (Å²) in [6.45, 7) is 0. The molecule has 0 bridgehead atoms. The van der Waals surface area contributed by atoms with Gasteiger partial charge in [0.15, 0.2) is 0 Å². The molecule has 0 aliphatic carbocycles. The summed E-state index contributed by atoms with van der Waals surface area (Å²) in [5.41, 5.74) is 0.923.